The molecule has 3 rings (SSSR count). The summed E-state index contributed by atoms with van der Waals surface area (Å²) in [6.07, 6.45) is 2.52. The number of fused-ring (bicyclic) bond motifs is 1. The zero-order valence-corrected chi connectivity index (χ0v) is 12.6. The third kappa shape index (κ3) is 3.08. The van der Waals surface area contributed by atoms with E-state index >= 15 is 0 Å². The number of benzene rings is 2. The smallest absolute Gasteiger partial charge is 0.254 e. The average molecular weight is 314 g/mol. The van der Waals surface area contributed by atoms with Crippen molar-refractivity contribution in [3.63, 3.8) is 0 Å². The van der Waals surface area contributed by atoms with Gasteiger partial charge in [0.1, 0.15) is 11.6 Å². The Kier molecular flexibility index (Phi) is 4.10. The molecule has 2 aromatic carbocycles. The summed E-state index contributed by atoms with van der Waals surface area (Å²) in [5.41, 5.74) is 2.22. The van der Waals surface area contributed by atoms with Gasteiger partial charge in [-0.25, -0.2) is 8.78 Å². The van der Waals surface area contributed by atoms with E-state index in [2.05, 4.69) is 10.3 Å². The van der Waals surface area contributed by atoms with Gasteiger partial charge in [-0.3, -0.25) is 4.79 Å². The van der Waals surface area contributed by atoms with Crippen molar-refractivity contribution in [3.8, 4) is 0 Å². The summed E-state index contributed by atoms with van der Waals surface area (Å²) in [4.78, 5) is 15.2. The van der Waals surface area contributed by atoms with E-state index in [4.69, 9.17) is 0 Å². The van der Waals surface area contributed by atoms with E-state index in [9.17, 15) is 13.6 Å². The molecule has 3 nitrogen and oxygen atoms in total. The minimum Gasteiger partial charge on any atom is -0.361 e. The number of aryl methyl sites for hydroxylation is 1. The molecule has 1 heterocycles. The van der Waals surface area contributed by atoms with Crippen molar-refractivity contribution >= 4 is 16.8 Å². The van der Waals surface area contributed by atoms with Gasteiger partial charge in [0.25, 0.3) is 5.91 Å². The number of rotatable bonds is 4. The second kappa shape index (κ2) is 6.20. The molecule has 0 aliphatic carbocycles. The second-order valence-electron chi connectivity index (χ2n) is 5.45. The number of aromatic amines is 1. The van der Waals surface area contributed by atoms with Crippen molar-refractivity contribution in [3.05, 3.63) is 70.9 Å². The SMILES string of the molecule is Cc1cc(C(=O)NCCc2c[nH]c3ccccc23)c(F)cc1F. The molecule has 3 aromatic rings. The molecule has 0 saturated heterocycles. The zero-order chi connectivity index (χ0) is 16.4. The molecule has 0 spiro atoms. The quantitative estimate of drug-likeness (QED) is 0.757. The van der Waals surface area contributed by atoms with E-state index < -0.39 is 17.5 Å². The molecule has 0 aliphatic rings. The van der Waals surface area contributed by atoms with E-state index in [0.29, 0.717) is 13.0 Å². The summed E-state index contributed by atoms with van der Waals surface area (Å²) in [6.45, 7) is 1.87. The van der Waals surface area contributed by atoms with Crippen molar-refractivity contribution in [2.24, 2.45) is 0 Å². The third-order valence-corrected chi connectivity index (χ3v) is 3.85. The average Bonchev–Trinajstić information content (AvgIpc) is 2.94. The van der Waals surface area contributed by atoms with Crippen LogP contribution in [0, 0.1) is 18.6 Å². The first-order valence-electron chi connectivity index (χ1n) is 7.35. The van der Waals surface area contributed by atoms with Crippen molar-refractivity contribution in [2.45, 2.75) is 13.3 Å². The number of nitrogens with one attached hydrogen (secondary N) is 2. The van der Waals surface area contributed by atoms with Crippen LogP contribution in [0.15, 0.2) is 42.6 Å². The van der Waals surface area contributed by atoms with Gasteiger partial charge < -0.3 is 10.3 Å². The van der Waals surface area contributed by atoms with Gasteiger partial charge in [0.2, 0.25) is 0 Å². The monoisotopic (exact) mass is 314 g/mol. The van der Waals surface area contributed by atoms with E-state index in [-0.39, 0.29) is 11.1 Å². The summed E-state index contributed by atoms with van der Waals surface area (Å²) in [5.74, 6) is -2.04. The summed E-state index contributed by atoms with van der Waals surface area (Å²) >= 11 is 0. The first kappa shape index (κ1) is 15.2. The Morgan fingerprint density at radius 3 is 2.78 bits per heavy atom. The minimum absolute atomic E-state index is 0.136. The highest BCUT2D eigenvalue weighted by atomic mass is 19.1. The Morgan fingerprint density at radius 2 is 1.96 bits per heavy atom. The number of para-hydroxylation sites is 1. The Bertz CT molecular complexity index is 871. The fourth-order valence-corrected chi connectivity index (χ4v) is 2.58. The summed E-state index contributed by atoms with van der Waals surface area (Å²) in [5, 5.41) is 3.78. The van der Waals surface area contributed by atoms with Crippen LogP contribution in [-0.4, -0.2) is 17.4 Å². The highest BCUT2D eigenvalue weighted by molar-refractivity contribution is 5.94. The Morgan fingerprint density at radius 1 is 1.17 bits per heavy atom. The van der Waals surface area contributed by atoms with Crippen LogP contribution in [0.4, 0.5) is 8.78 Å². The third-order valence-electron chi connectivity index (χ3n) is 3.85. The van der Waals surface area contributed by atoms with Crippen LogP contribution in [0.5, 0.6) is 0 Å². The standard InChI is InChI=1S/C18H16F2N2O/c1-11-8-14(16(20)9-15(11)19)18(23)21-7-6-12-10-22-17-5-3-2-4-13(12)17/h2-5,8-10,22H,6-7H2,1H3,(H,21,23). The summed E-state index contributed by atoms with van der Waals surface area (Å²) in [6, 6.07) is 9.86. The number of H-pyrrole nitrogens is 1. The Labute approximate surface area is 132 Å². The summed E-state index contributed by atoms with van der Waals surface area (Å²) < 4.78 is 26.9. The molecule has 2 N–H and O–H groups in total. The second-order valence-corrected chi connectivity index (χ2v) is 5.45. The van der Waals surface area contributed by atoms with Gasteiger partial charge in [0, 0.05) is 29.7 Å². The molecule has 5 heteroatoms. The number of amides is 1. The largest absolute Gasteiger partial charge is 0.361 e. The number of carbonyl (C=O) groups excluding carboxylic acids is 1. The maximum Gasteiger partial charge on any atom is 0.254 e. The molecule has 0 aliphatic heterocycles. The van der Waals surface area contributed by atoms with Crippen molar-refractivity contribution in [1.29, 1.82) is 0 Å². The number of carbonyl (C=O) groups is 1. The van der Waals surface area contributed by atoms with Crippen LogP contribution in [0.2, 0.25) is 0 Å². The van der Waals surface area contributed by atoms with Gasteiger partial charge in [-0.1, -0.05) is 18.2 Å². The van der Waals surface area contributed by atoms with Crippen LogP contribution in [-0.2, 0) is 6.42 Å². The van der Waals surface area contributed by atoms with Crippen LogP contribution in [0.3, 0.4) is 0 Å². The lowest BCUT2D eigenvalue weighted by Gasteiger charge is -2.07. The highest BCUT2D eigenvalue weighted by Gasteiger charge is 2.14. The molecule has 0 atom stereocenters. The van der Waals surface area contributed by atoms with Crippen LogP contribution >= 0.6 is 0 Å². The fraction of sp³-hybridized carbons (Fsp3) is 0.167. The van der Waals surface area contributed by atoms with E-state index in [1.807, 2.05) is 30.5 Å². The molecule has 0 saturated carbocycles. The van der Waals surface area contributed by atoms with E-state index in [1.165, 1.54) is 13.0 Å². The van der Waals surface area contributed by atoms with E-state index in [0.717, 1.165) is 22.5 Å². The lowest BCUT2D eigenvalue weighted by molar-refractivity contribution is 0.0950. The lowest BCUT2D eigenvalue weighted by Crippen LogP contribution is -2.26. The van der Waals surface area contributed by atoms with Gasteiger partial charge in [-0.05, 0) is 36.6 Å². The van der Waals surface area contributed by atoms with Crippen LogP contribution < -0.4 is 5.32 Å². The molecule has 118 valence electrons. The molecule has 1 amide bonds. The predicted molar refractivity (Wildman–Crippen MR) is 85.4 cm³/mol. The van der Waals surface area contributed by atoms with Gasteiger partial charge in [-0.2, -0.15) is 0 Å². The molecule has 23 heavy (non-hydrogen) atoms. The molecular formula is C18H16F2N2O. The summed E-state index contributed by atoms with van der Waals surface area (Å²) in [7, 11) is 0. The first-order chi connectivity index (χ1) is 11.1. The zero-order valence-electron chi connectivity index (χ0n) is 12.6. The van der Waals surface area contributed by atoms with Crippen LogP contribution in [0.1, 0.15) is 21.5 Å². The van der Waals surface area contributed by atoms with E-state index in [1.54, 1.807) is 0 Å². The molecule has 0 radical (unpaired) electrons. The molecule has 1 aromatic heterocycles. The van der Waals surface area contributed by atoms with Gasteiger partial charge in [0.05, 0.1) is 5.56 Å². The molecule has 0 fully saturated rings. The fourth-order valence-electron chi connectivity index (χ4n) is 2.58. The maximum absolute atomic E-state index is 13.7. The molecule has 0 unspecified atom stereocenters. The normalized spacial score (nSPS) is 10.9. The molecule has 0 bridgehead atoms. The maximum atomic E-state index is 13.7. The van der Waals surface area contributed by atoms with Crippen molar-refractivity contribution in [2.75, 3.05) is 6.54 Å². The molecular weight excluding hydrogens is 298 g/mol. The van der Waals surface area contributed by atoms with Gasteiger partial charge in [-0.15, -0.1) is 0 Å². The van der Waals surface area contributed by atoms with Gasteiger partial charge >= 0.3 is 0 Å². The lowest BCUT2D eigenvalue weighted by atomic mass is 10.1. The van der Waals surface area contributed by atoms with Crippen molar-refractivity contribution < 1.29 is 13.6 Å². The Hall–Kier alpha value is -2.69. The number of halogens is 2. The number of hydrogen-bond acceptors (Lipinski definition) is 1. The predicted octanol–water partition coefficient (Wildman–Crippen LogP) is 3.73. The number of aromatic nitrogens is 1. The Balaban J connectivity index is 1.67. The minimum atomic E-state index is -0.849. The van der Waals surface area contributed by atoms with Crippen LogP contribution in [0.25, 0.3) is 10.9 Å². The number of hydrogen-bond donors (Lipinski definition) is 2. The highest BCUT2D eigenvalue weighted by Crippen LogP contribution is 2.18. The topological polar surface area (TPSA) is 44.9 Å². The van der Waals surface area contributed by atoms with Gasteiger partial charge in [0.15, 0.2) is 0 Å². The first-order valence-corrected chi connectivity index (χ1v) is 7.35. The van der Waals surface area contributed by atoms with Crippen molar-refractivity contribution in [1.82, 2.24) is 10.3 Å².